The SMILES string of the molecule is CCCN(CC)C(CC)C(=O)N(C)c1c(C)cccc1C. The van der Waals surface area contributed by atoms with Crippen molar-refractivity contribution in [2.45, 2.75) is 53.5 Å². The Bertz CT molecular complexity index is 450. The normalized spacial score (nSPS) is 12.5. The summed E-state index contributed by atoms with van der Waals surface area (Å²) < 4.78 is 0. The zero-order valence-corrected chi connectivity index (χ0v) is 14.4. The maximum absolute atomic E-state index is 12.9. The van der Waals surface area contributed by atoms with Gasteiger partial charge in [-0.3, -0.25) is 9.69 Å². The molecule has 1 amide bonds. The van der Waals surface area contributed by atoms with Crippen LogP contribution in [0.2, 0.25) is 0 Å². The number of likely N-dealkylation sites (N-methyl/N-ethyl adjacent to an activating group) is 2. The van der Waals surface area contributed by atoms with Crippen LogP contribution in [0.15, 0.2) is 18.2 Å². The van der Waals surface area contributed by atoms with Gasteiger partial charge in [-0.05, 0) is 50.9 Å². The van der Waals surface area contributed by atoms with Crippen LogP contribution in [0.1, 0.15) is 44.7 Å². The highest BCUT2D eigenvalue weighted by molar-refractivity contribution is 5.98. The molecule has 1 unspecified atom stereocenters. The number of amides is 1. The van der Waals surface area contributed by atoms with E-state index in [0.717, 1.165) is 42.7 Å². The molecule has 118 valence electrons. The molecule has 0 aromatic heterocycles. The first-order valence-corrected chi connectivity index (χ1v) is 8.05. The van der Waals surface area contributed by atoms with Crippen LogP contribution in [-0.2, 0) is 4.79 Å². The number of nitrogens with zero attached hydrogens (tertiary/aromatic N) is 2. The fourth-order valence-electron chi connectivity index (χ4n) is 3.08. The Morgan fingerprint density at radius 2 is 1.71 bits per heavy atom. The van der Waals surface area contributed by atoms with Crippen LogP contribution in [0.4, 0.5) is 5.69 Å². The number of hydrogen-bond donors (Lipinski definition) is 0. The number of carbonyl (C=O) groups is 1. The molecule has 0 radical (unpaired) electrons. The van der Waals surface area contributed by atoms with Gasteiger partial charge < -0.3 is 4.90 Å². The van der Waals surface area contributed by atoms with Crippen molar-refractivity contribution in [3.8, 4) is 0 Å². The summed E-state index contributed by atoms with van der Waals surface area (Å²) in [6.45, 7) is 12.4. The Labute approximate surface area is 129 Å². The number of benzene rings is 1. The van der Waals surface area contributed by atoms with Gasteiger partial charge in [-0.25, -0.2) is 0 Å². The van der Waals surface area contributed by atoms with E-state index in [0.29, 0.717) is 0 Å². The van der Waals surface area contributed by atoms with E-state index in [2.05, 4.69) is 51.7 Å². The van der Waals surface area contributed by atoms with E-state index in [4.69, 9.17) is 0 Å². The maximum Gasteiger partial charge on any atom is 0.244 e. The summed E-state index contributed by atoms with van der Waals surface area (Å²) in [4.78, 5) is 17.1. The van der Waals surface area contributed by atoms with E-state index in [-0.39, 0.29) is 11.9 Å². The van der Waals surface area contributed by atoms with Gasteiger partial charge in [-0.1, -0.05) is 39.0 Å². The fourth-order valence-corrected chi connectivity index (χ4v) is 3.08. The minimum atomic E-state index is -0.0287. The standard InChI is InChI=1S/C18H30N2O/c1-7-13-20(9-3)16(8-2)18(21)19(6)17-14(4)11-10-12-15(17)5/h10-12,16H,7-9,13H2,1-6H3. The summed E-state index contributed by atoms with van der Waals surface area (Å²) in [5.41, 5.74) is 3.35. The second kappa shape index (κ2) is 8.18. The molecule has 0 saturated carbocycles. The Kier molecular flexibility index (Phi) is 6.90. The predicted octanol–water partition coefficient (Wildman–Crippen LogP) is 3.78. The highest BCUT2D eigenvalue weighted by Crippen LogP contribution is 2.25. The molecule has 1 aromatic carbocycles. The lowest BCUT2D eigenvalue weighted by Crippen LogP contribution is -2.48. The van der Waals surface area contributed by atoms with Gasteiger partial charge in [-0.2, -0.15) is 0 Å². The molecule has 0 saturated heterocycles. The number of aryl methyl sites for hydroxylation is 2. The smallest absolute Gasteiger partial charge is 0.244 e. The van der Waals surface area contributed by atoms with Crippen molar-refractivity contribution in [2.75, 3.05) is 25.0 Å². The Hall–Kier alpha value is -1.35. The quantitative estimate of drug-likeness (QED) is 0.763. The van der Waals surface area contributed by atoms with Gasteiger partial charge in [0, 0.05) is 12.7 Å². The summed E-state index contributed by atoms with van der Waals surface area (Å²) in [7, 11) is 1.90. The highest BCUT2D eigenvalue weighted by Gasteiger charge is 2.27. The van der Waals surface area contributed by atoms with Crippen LogP contribution in [0.25, 0.3) is 0 Å². The van der Waals surface area contributed by atoms with Crippen LogP contribution in [0.5, 0.6) is 0 Å². The molecule has 0 aliphatic heterocycles. The van der Waals surface area contributed by atoms with Crippen LogP contribution in [-0.4, -0.2) is 37.0 Å². The van der Waals surface area contributed by atoms with Crippen LogP contribution in [0.3, 0.4) is 0 Å². The minimum absolute atomic E-state index is 0.0287. The number of anilines is 1. The Balaban J connectivity index is 3.04. The van der Waals surface area contributed by atoms with Crippen molar-refractivity contribution in [3.63, 3.8) is 0 Å². The molecule has 0 aliphatic rings. The van der Waals surface area contributed by atoms with Gasteiger partial charge in [0.25, 0.3) is 0 Å². The molecule has 0 bridgehead atoms. The first kappa shape index (κ1) is 17.7. The molecule has 21 heavy (non-hydrogen) atoms. The molecular weight excluding hydrogens is 260 g/mol. The fraction of sp³-hybridized carbons (Fsp3) is 0.611. The van der Waals surface area contributed by atoms with Gasteiger partial charge in [0.05, 0.1) is 6.04 Å². The maximum atomic E-state index is 12.9. The van der Waals surface area contributed by atoms with Crippen molar-refractivity contribution in [3.05, 3.63) is 29.3 Å². The lowest BCUT2D eigenvalue weighted by Gasteiger charge is -2.33. The van der Waals surface area contributed by atoms with E-state index in [1.54, 1.807) is 0 Å². The molecule has 0 heterocycles. The number of rotatable bonds is 7. The van der Waals surface area contributed by atoms with Gasteiger partial charge >= 0.3 is 0 Å². The zero-order valence-electron chi connectivity index (χ0n) is 14.4. The largest absolute Gasteiger partial charge is 0.314 e. The van der Waals surface area contributed by atoms with Crippen LogP contribution < -0.4 is 4.90 Å². The average Bonchev–Trinajstić information content (AvgIpc) is 2.46. The molecule has 1 rings (SSSR count). The highest BCUT2D eigenvalue weighted by atomic mass is 16.2. The van der Waals surface area contributed by atoms with Gasteiger partial charge in [0.2, 0.25) is 5.91 Å². The predicted molar refractivity (Wildman–Crippen MR) is 90.9 cm³/mol. The van der Waals surface area contributed by atoms with Gasteiger partial charge in [-0.15, -0.1) is 0 Å². The molecule has 3 heteroatoms. The Morgan fingerprint density at radius 3 is 2.14 bits per heavy atom. The summed E-state index contributed by atoms with van der Waals surface area (Å²) in [6, 6.07) is 6.14. The Morgan fingerprint density at radius 1 is 1.14 bits per heavy atom. The summed E-state index contributed by atoms with van der Waals surface area (Å²) >= 11 is 0. The molecule has 0 aliphatic carbocycles. The number of hydrogen-bond acceptors (Lipinski definition) is 2. The van der Waals surface area contributed by atoms with Crippen molar-refractivity contribution in [2.24, 2.45) is 0 Å². The number of para-hydroxylation sites is 1. The second-order valence-corrected chi connectivity index (χ2v) is 5.69. The molecule has 0 fully saturated rings. The van der Waals surface area contributed by atoms with E-state index in [1.807, 2.05) is 18.0 Å². The summed E-state index contributed by atoms with van der Waals surface area (Å²) in [5.74, 6) is 0.199. The third-order valence-electron chi connectivity index (χ3n) is 4.14. The van der Waals surface area contributed by atoms with Crippen molar-refractivity contribution in [1.29, 1.82) is 0 Å². The third kappa shape index (κ3) is 4.07. The lowest BCUT2D eigenvalue weighted by atomic mass is 10.1. The molecule has 0 N–H and O–H groups in total. The molecule has 3 nitrogen and oxygen atoms in total. The van der Waals surface area contributed by atoms with E-state index < -0.39 is 0 Å². The molecule has 0 spiro atoms. The topological polar surface area (TPSA) is 23.6 Å². The summed E-state index contributed by atoms with van der Waals surface area (Å²) in [5, 5.41) is 0. The van der Waals surface area contributed by atoms with Crippen molar-refractivity contribution >= 4 is 11.6 Å². The van der Waals surface area contributed by atoms with E-state index in [1.165, 1.54) is 0 Å². The summed E-state index contributed by atoms with van der Waals surface area (Å²) in [6.07, 6.45) is 1.92. The van der Waals surface area contributed by atoms with E-state index in [9.17, 15) is 4.79 Å². The lowest BCUT2D eigenvalue weighted by molar-refractivity contribution is -0.123. The monoisotopic (exact) mass is 290 g/mol. The average molecular weight is 290 g/mol. The van der Waals surface area contributed by atoms with Crippen molar-refractivity contribution in [1.82, 2.24) is 4.90 Å². The first-order valence-electron chi connectivity index (χ1n) is 8.05. The molecular formula is C18H30N2O. The van der Waals surface area contributed by atoms with Crippen LogP contribution in [0, 0.1) is 13.8 Å². The molecule has 1 atom stereocenters. The third-order valence-corrected chi connectivity index (χ3v) is 4.14. The van der Waals surface area contributed by atoms with Crippen LogP contribution >= 0.6 is 0 Å². The van der Waals surface area contributed by atoms with Gasteiger partial charge in [0.1, 0.15) is 0 Å². The number of carbonyl (C=O) groups excluding carboxylic acids is 1. The second-order valence-electron chi connectivity index (χ2n) is 5.69. The van der Waals surface area contributed by atoms with Crippen molar-refractivity contribution < 1.29 is 4.79 Å². The van der Waals surface area contributed by atoms with Gasteiger partial charge in [0.15, 0.2) is 0 Å². The van der Waals surface area contributed by atoms with E-state index >= 15 is 0 Å². The minimum Gasteiger partial charge on any atom is -0.314 e. The molecule has 1 aromatic rings. The zero-order chi connectivity index (χ0) is 16.0. The first-order chi connectivity index (χ1) is 9.97.